The summed E-state index contributed by atoms with van der Waals surface area (Å²) in [5.74, 6) is -2.72. The van der Waals surface area contributed by atoms with Gasteiger partial charge in [-0.1, -0.05) is 19.1 Å². The normalized spacial score (nSPS) is 16.3. The number of halogens is 2. The SMILES string of the molecule is CCC(NC(=O)C(=O)Nc1cccc2c1OCCC2OC)c1cc(F)ccc1F. The number of para-hydroxylation sites is 1. The lowest BCUT2D eigenvalue weighted by Crippen LogP contribution is -2.38. The van der Waals surface area contributed by atoms with E-state index in [1.807, 2.05) is 6.07 Å². The fourth-order valence-corrected chi connectivity index (χ4v) is 3.32. The molecule has 2 aromatic carbocycles. The zero-order valence-corrected chi connectivity index (χ0v) is 16.1. The van der Waals surface area contributed by atoms with Gasteiger partial charge in [0, 0.05) is 24.7 Å². The van der Waals surface area contributed by atoms with Crippen LogP contribution in [-0.2, 0) is 14.3 Å². The molecule has 0 spiro atoms. The molecule has 29 heavy (non-hydrogen) atoms. The third kappa shape index (κ3) is 4.54. The monoisotopic (exact) mass is 404 g/mol. The first-order valence-corrected chi connectivity index (χ1v) is 9.29. The van der Waals surface area contributed by atoms with Crippen LogP contribution < -0.4 is 15.4 Å². The summed E-state index contributed by atoms with van der Waals surface area (Å²) in [6, 6.07) is 7.32. The van der Waals surface area contributed by atoms with E-state index in [0.29, 0.717) is 24.5 Å². The van der Waals surface area contributed by atoms with Gasteiger partial charge in [0.25, 0.3) is 0 Å². The molecule has 0 bridgehead atoms. The Balaban J connectivity index is 1.74. The second-order valence-electron chi connectivity index (χ2n) is 6.64. The predicted octanol–water partition coefficient (Wildman–Crippen LogP) is 3.64. The quantitative estimate of drug-likeness (QED) is 0.746. The van der Waals surface area contributed by atoms with Crippen LogP contribution in [0, 0.1) is 11.6 Å². The zero-order valence-electron chi connectivity index (χ0n) is 16.1. The van der Waals surface area contributed by atoms with Gasteiger partial charge >= 0.3 is 11.8 Å². The fourth-order valence-electron chi connectivity index (χ4n) is 3.32. The first-order valence-electron chi connectivity index (χ1n) is 9.29. The van der Waals surface area contributed by atoms with Crippen LogP contribution in [0.2, 0.25) is 0 Å². The van der Waals surface area contributed by atoms with Crippen molar-refractivity contribution in [1.82, 2.24) is 5.32 Å². The van der Waals surface area contributed by atoms with Gasteiger partial charge in [0.1, 0.15) is 17.4 Å². The lowest BCUT2D eigenvalue weighted by molar-refractivity contribution is -0.136. The molecular weight excluding hydrogens is 382 g/mol. The van der Waals surface area contributed by atoms with Crippen LogP contribution in [0.5, 0.6) is 5.75 Å². The third-order valence-electron chi connectivity index (χ3n) is 4.80. The minimum Gasteiger partial charge on any atom is -0.491 e. The first kappa shape index (κ1) is 20.7. The van der Waals surface area contributed by atoms with Crippen molar-refractivity contribution < 1.29 is 27.8 Å². The molecule has 1 aliphatic rings. The Morgan fingerprint density at radius 2 is 2.03 bits per heavy atom. The van der Waals surface area contributed by atoms with Gasteiger partial charge in [-0.2, -0.15) is 0 Å². The van der Waals surface area contributed by atoms with Crippen LogP contribution in [0.3, 0.4) is 0 Å². The van der Waals surface area contributed by atoms with E-state index in [1.54, 1.807) is 26.2 Å². The van der Waals surface area contributed by atoms with Gasteiger partial charge in [0.05, 0.1) is 24.4 Å². The van der Waals surface area contributed by atoms with E-state index in [-0.39, 0.29) is 18.1 Å². The second-order valence-corrected chi connectivity index (χ2v) is 6.64. The Bertz CT molecular complexity index is 920. The van der Waals surface area contributed by atoms with Crippen molar-refractivity contribution >= 4 is 17.5 Å². The number of anilines is 1. The molecule has 2 amide bonds. The maximum Gasteiger partial charge on any atom is 0.313 e. The van der Waals surface area contributed by atoms with Gasteiger partial charge in [-0.15, -0.1) is 0 Å². The second kappa shape index (κ2) is 9.00. The van der Waals surface area contributed by atoms with E-state index < -0.39 is 29.5 Å². The number of amides is 2. The molecular formula is C21H22F2N2O4. The molecule has 0 aromatic heterocycles. The van der Waals surface area contributed by atoms with Crippen LogP contribution in [0.4, 0.5) is 14.5 Å². The lowest BCUT2D eigenvalue weighted by Gasteiger charge is -2.26. The number of hydrogen-bond acceptors (Lipinski definition) is 4. The number of ether oxygens (including phenoxy) is 2. The van der Waals surface area contributed by atoms with E-state index in [0.717, 1.165) is 23.8 Å². The van der Waals surface area contributed by atoms with Crippen LogP contribution in [-0.4, -0.2) is 25.5 Å². The van der Waals surface area contributed by atoms with Crippen LogP contribution in [0.25, 0.3) is 0 Å². The highest BCUT2D eigenvalue weighted by molar-refractivity contribution is 6.39. The summed E-state index contributed by atoms with van der Waals surface area (Å²) >= 11 is 0. The number of methoxy groups -OCH3 is 1. The van der Waals surface area contributed by atoms with Gasteiger partial charge in [-0.25, -0.2) is 8.78 Å². The molecule has 1 heterocycles. The van der Waals surface area contributed by atoms with Crippen molar-refractivity contribution in [2.24, 2.45) is 0 Å². The molecule has 2 unspecified atom stereocenters. The number of carbonyl (C=O) groups excluding carboxylic acids is 2. The molecule has 3 rings (SSSR count). The Morgan fingerprint density at radius 3 is 2.76 bits per heavy atom. The summed E-state index contributed by atoms with van der Waals surface area (Å²) in [7, 11) is 1.59. The highest BCUT2D eigenvalue weighted by Gasteiger charge is 2.26. The van der Waals surface area contributed by atoms with Gasteiger partial charge in [-0.3, -0.25) is 9.59 Å². The summed E-state index contributed by atoms with van der Waals surface area (Å²) in [6.07, 6.45) is 0.794. The van der Waals surface area contributed by atoms with Gasteiger partial charge in [0.15, 0.2) is 0 Å². The summed E-state index contributed by atoms with van der Waals surface area (Å²) in [5, 5.41) is 4.97. The zero-order chi connectivity index (χ0) is 21.0. The molecule has 6 nitrogen and oxygen atoms in total. The van der Waals surface area contributed by atoms with Gasteiger partial charge in [0.2, 0.25) is 0 Å². The molecule has 1 aliphatic heterocycles. The molecule has 0 saturated carbocycles. The van der Waals surface area contributed by atoms with E-state index in [2.05, 4.69) is 10.6 Å². The van der Waals surface area contributed by atoms with Crippen molar-refractivity contribution in [3.8, 4) is 5.75 Å². The Hall–Kier alpha value is -3.00. The average Bonchev–Trinajstić information content (AvgIpc) is 2.73. The third-order valence-corrected chi connectivity index (χ3v) is 4.80. The minimum absolute atomic E-state index is 0.0167. The van der Waals surface area contributed by atoms with Crippen LogP contribution in [0.15, 0.2) is 36.4 Å². The summed E-state index contributed by atoms with van der Waals surface area (Å²) in [4.78, 5) is 24.8. The fraction of sp³-hybridized carbons (Fsp3) is 0.333. The molecule has 2 atom stereocenters. The van der Waals surface area contributed by atoms with Crippen molar-refractivity contribution in [3.63, 3.8) is 0 Å². The summed E-state index contributed by atoms with van der Waals surface area (Å²) < 4.78 is 38.6. The highest BCUT2D eigenvalue weighted by atomic mass is 19.1. The van der Waals surface area contributed by atoms with Gasteiger partial charge < -0.3 is 20.1 Å². The Morgan fingerprint density at radius 1 is 1.24 bits per heavy atom. The van der Waals surface area contributed by atoms with Crippen molar-refractivity contribution in [3.05, 3.63) is 59.2 Å². The Kier molecular flexibility index (Phi) is 6.43. The smallest absolute Gasteiger partial charge is 0.313 e. The molecule has 154 valence electrons. The standard InChI is InChI=1S/C21H22F2N2O4/c1-3-16(14-11-12(22)7-8-15(14)23)24-20(26)21(27)25-17-6-4-5-13-18(28-2)9-10-29-19(13)17/h4-8,11,16,18H,3,9-10H2,1-2H3,(H,24,26)(H,25,27). The largest absolute Gasteiger partial charge is 0.491 e. The molecule has 0 saturated heterocycles. The molecule has 2 N–H and O–H groups in total. The van der Waals surface area contributed by atoms with E-state index >= 15 is 0 Å². The predicted molar refractivity (Wildman–Crippen MR) is 102 cm³/mol. The topological polar surface area (TPSA) is 76.7 Å². The number of hydrogen-bond donors (Lipinski definition) is 2. The lowest BCUT2D eigenvalue weighted by atomic mass is 10.0. The van der Waals surface area contributed by atoms with Crippen LogP contribution in [0.1, 0.15) is 43.0 Å². The number of fused-ring (bicyclic) bond motifs is 1. The number of rotatable bonds is 5. The number of nitrogens with one attached hydrogen (secondary N) is 2. The molecule has 2 aromatic rings. The minimum atomic E-state index is -0.961. The highest BCUT2D eigenvalue weighted by Crippen LogP contribution is 2.39. The van der Waals surface area contributed by atoms with E-state index in [9.17, 15) is 18.4 Å². The maximum absolute atomic E-state index is 14.0. The molecule has 0 aliphatic carbocycles. The van der Waals surface area contributed by atoms with Crippen molar-refractivity contribution in [2.45, 2.75) is 31.9 Å². The van der Waals surface area contributed by atoms with Crippen LogP contribution >= 0.6 is 0 Å². The Labute approximate surface area is 167 Å². The molecule has 0 fully saturated rings. The van der Waals surface area contributed by atoms with E-state index in [4.69, 9.17) is 9.47 Å². The van der Waals surface area contributed by atoms with Crippen molar-refractivity contribution in [2.75, 3.05) is 19.0 Å². The van der Waals surface area contributed by atoms with E-state index in [1.165, 1.54) is 0 Å². The number of carbonyl (C=O) groups is 2. The summed E-state index contributed by atoms with van der Waals surface area (Å²) in [5.41, 5.74) is 1.11. The molecule has 0 radical (unpaired) electrons. The maximum atomic E-state index is 14.0. The molecule has 8 heteroatoms. The summed E-state index contributed by atoms with van der Waals surface area (Å²) in [6.45, 7) is 2.11. The first-order chi connectivity index (χ1) is 13.9. The van der Waals surface area contributed by atoms with Gasteiger partial charge in [-0.05, 0) is 30.7 Å². The van der Waals surface area contributed by atoms with Crippen molar-refractivity contribution in [1.29, 1.82) is 0 Å². The average molecular weight is 404 g/mol. The number of benzene rings is 2.